The highest BCUT2D eigenvalue weighted by Gasteiger charge is 2.61. The molecule has 0 aliphatic heterocycles. The predicted octanol–water partition coefficient (Wildman–Crippen LogP) is 2.69. The molecule has 4 fully saturated rings. The Labute approximate surface area is 134 Å². The first kappa shape index (κ1) is 15.4. The van der Waals surface area contributed by atoms with Crippen molar-refractivity contribution < 1.29 is 10.2 Å². The third-order valence-corrected chi connectivity index (χ3v) is 8.68. The molecule has 126 valence electrons. The van der Waals surface area contributed by atoms with E-state index in [2.05, 4.69) is 13.8 Å². The SMILES string of the molecule is C[C@]12CC[C@H](O)C[C@@H]1CC[C@@H]1[C@@H]2CC[C@]2(C)[C@@H](O)[C@@H](N)C[C@@H]12. The smallest absolute Gasteiger partial charge is 0.0747 e. The van der Waals surface area contributed by atoms with Crippen LogP contribution in [0, 0.1) is 34.5 Å². The van der Waals surface area contributed by atoms with Crippen LogP contribution in [-0.2, 0) is 0 Å². The Balaban J connectivity index is 1.63. The zero-order chi connectivity index (χ0) is 15.7. The van der Waals surface area contributed by atoms with E-state index in [0.29, 0.717) is 17.3 Å². The summed E-state index contributed by atoms with van der Waals surface area (Å²) in [4.78, 5) is 0. The fourth-order valence-corrected chi connectivity index (χ4v) is 7.31. The van der Waals surface area contributed by atoms with Crippen molar-refractivity contribution in [1.29, 1.82) is 0 Å². The molecule has 4 aliphatic rings. The van der Waals surface area contributed by atoms with Gasteiger partial charge in [0.05, 0.1) is 12.2 Å². The van der Waals surface area contributed by atoms with Gasteiger partial charge in [0.25, 0.3) is 0 Å². The van der Waals surface area contributed by atoms with Crippen LogP contribution in [0.1, 0.15) is 65.2 Å². The van der Waals surface area contributed by atoms with Gasteiger partial charge in [-0.1, -0.05) is 13.8 Å². The summed E-state index contributed by atoms with van der Waals surface area (Å²) in [6.07, 6.45) is 8.79. The van der Waals surface area contributed by atoms with Crippen molar-refractivity contribution in [3.05, 3.63) is 0 Å². The van der Waals surface area contributed by atoms with Gasteiger partial charge in [-0.25, -0.2) is 0 Å². The molecule has 3 heteroatoms. The molecule has 0 spiro atoms. The highest BCUT2D eigenvalue weighted by Crippen LogP contribution is 2.65. The molecule has 0 bridgehead atoms. The third kappa shape index (κ3) is 1.91. The zero-order valence-corrected chi connectivity index (χ0v) is 14.2. The van der Waals surface area contributed by atoms with Crippen LogP contribution in [0.5, 0.6) is 0 Å². The lowest BCUT2D eigenvalue weighted by molar-refractivity contribution is -0.134. The summed E-state index contributed by atoms with van der Waals surface area (Å²) in [7, 11) is 0. The van der Waals surface area contributed by atoms with Crippen LogP contribution in [0.15, 0.2) is 0 Å². The van der Waals surface area contributed by atoms with Gasteiger partial charge in [0.15, 0.2) is 0 Å². The highest BCUT2D eigenvalue weighted by atomic mass is 16.3. The van der Waals surface area contributed by atoms with Gasteiger partial charge in [0.1, 0.15) is 0 Å². The summed E-state index contributed by atoms with van der Waals surface area (Å²) in [5.74, 6) is 2.86. The molecule has 4 aliphatic carbocycles. The molecule has 0 aromatic carbocycles. The van der Waals surface area contributed by atoms with Gasteiger partial charge in [0, 0.05) is 6.04 Å². The van der Waals surface area contributed by atoms with E-state index in [0.717, 1.165) is 37.5 Å². The molecule has 0 aromatic rings. The fourth-order valence-electron chi connectivity index (χ4n) is 7.31. The molecule has 22 heavy (non-hydrogen) atoms. The minimum Gasteiger partial charge on any atom is -0.393 e. The summed E-state index contributed by atoms with van der Waals surface area (Å²) in [5, 5.41) is 20.7. The summed E-state index contributed by atoms with van der Waals surface area (Å²) in [6, 6.07) is -0.0209. The molecule has 0 amide bonds. The quantitative estimate of drug-likeness (QED) is 0.644. The van der Waals surface area contributed by atoms with Crippen molar-refractivity contribution in [2.24, 2.45) is 40.2 Å². The molecule has 0 saturated heterocycles. The summed E-state index contributed by atoms with van der Waals surface area (Å²) in [5.41, 5.74) is 6.72. The van der Waals surface area contributed by atoms with Gasteiger partial charge >= 0.3 is 0 Å². The Morgan fingerprint density at radius 1 is 0.864 bits per heavy atom. The van der Waals surface area contributed by atoms with Crippen LogP contribution in [0.3, 0.4) is 0 Å². The number of rotatable bonds is 0. The van der Waals surface area contributed by atoms with E-state index in [1.54, 1.807) is 0 Å². The fraction of sp³-hybridized carbons (Fsp3) is 1.00. The monoisotopic (exact) mass is 307 g/mol. The first-order valence-electron chi connectivity index (χ1n) is 9.48. The Hall–Kier alpha value is -0.120. The van der Waals surface area contributed by atoms with E-state index in [1.807, 2.05) is 0 Å². The summed E-state index contributed by atoms with van der Waals surface area (Å²) in [6.45, 7) is 4.80. The van der Waals surface area contributed by atoms with Crippen LogP contribution in [0.25, 0.3) is 0 Å². The first-order chi connectivity index (χ1) is 10.4. The number of nitrogens with two attached hydrogens (primary N) is 1. The van der Waals surface area contributed by atoms with E-state index >= 15 is 0 Å². The molecule has 9 atom stereocenters. The van der Waals surface area contributed by atoms with Gasteiger partial charge in [0.2, 0.25) is 0 Å². The van der Waals surface area contributed by atoms with Crippen LogP contribution >= 0.6 is 0 Å². The Kier molecular flexibility index (Phi) is 3.46. The molecule has 0 aromatic heterocycles. The molecule has 0 unspecified atom stereocenters. The van der Waals surface area contributed by atoms with Crippen LogP contribution < -0.4 is 5.73 Å². The molecule has 4 rings (SSSR count). The van der Waals surface area contributed by atoms with Crippen LogP contribution in [-0.4, -0.2) is 28.5 Å². The second-order valence-electron chi connectivity index (χ2n) is 9.47. The lowest BCUT2D eigenvalue weighted by Crippen LogP contribution is -2.54. The molecular weight excluding hydrogens is 274 g/mol. The number of aliphatic hydroxyl groups is 2. The first-order valence-corrected chi connectivity index (χ1v) is 9.48. The highest BCUT2D eigenvalue weighted by molar-refractivity contribution is 5.12. The Morgan fingerprint density at radius 2 is 1.59 bits per heavy atom. The van der Waals surface area contributed by atoms with Crippen molar-refractivity contribution >= 4 is 0 Å². The molecule has 3 nitrogen and oxygen atoms in total. The van der Waals surface area contributed by atoms with Crippen molar-refractivity contribution in [3.63, 3.8) is 0 Å². The molecule has 0 radical (unpaired) electrons. The largest absolute Gasteiger partial charge is 0.393 e. The predicted molar refractivity (Wildman–Crippen MR) is 87.1 cm³/mol. The minimum absolute atomic E-state index is 0.0209. The second-order valence-corrected chi connectivity index (χ2v) is 9.47. The lowest BCUT2D eigenvalue weighted by Gasteiger charge is -2.60. The summed E-state index contributed by atoms with van der Waals surface area (Å²) < 4.78 is 0. The van der Waals surface area contributed by atoms with Gasteiger partial charge in [-0.05, 0) is 85.9 Å². The van der Waals surface area contributed by atoms with Crippen molar-refractivity contribution in [2.75, 3.05) is 0 Å². The Morgan fingerprint density at radius 3 is 2.36 bits per heavy atom. The summed E-state index contributed by atoms with van der Waals surface area (Å²) >= 11 is 0. The van der Waals surface area contributed by atoms with Crippen LogP contribution in [0.2, 0.25) is 0 Å². The number of hydrogen-bond acceptors (Lipinski definition) is 3. The normalized spacial score (nSPS) is 61.2. The van der Waals surface area contributed by atoms with E-state index < -0.39 is 0 Å². The number of aliphatic hydroxyl groups excluding tert-OH is 2. The van der Waals surface area contributed by atoms with Crippen molar-refractivity contribution in [2.45, 2.75) is 83.5 Å². The lowest BCUT2D eigenvalue weighted by atomic mass is 9.45. The maximum absolute atomic E-state index is 10.6. The second kappa shape index (κ2) is 4.94. The topological polar surface area (TPSA) is 66.5 Å². The van der Waals surface area contributed by atoms with E-state index in [1.165, 1.54) is 25.7 Å². The number of fused-ring (bicyclic) bond motifs is 5. The zero-order valence-electron chi connectivity index (χ0n) is 14.2. The molecule has 4 N–H and O–H groups in total. The minimum atomic E-state index is -0.308. The molecule has 0 heterocycles. The van der Waals surface area contributed by atoms with Crippen molar-refractivity contribution in [3.8, 4) is 0 Å². The average Bonchev–Trinajstić information content (AvgIpc) is 2.72. The third-order valence-electron chi connectivity index (χ3n) is 8.68. The number of hydrogen-bond donors (Lipinski definition) is 3. The molecule has 4 saturated carbocycles. The van der Waals surface area contributed by atoms with Crippen LogP contribution in [0.4, 0.5) is 0 Å². The maximum Gasteiger partial charge on any atom is 0.0747 e. The Bertz CT molecular complexity index is 455. The van der Waals surface area contributed by atoms with Gasteiger partial charge in [-0.2, -0.15) is 0 Å². The molecular formula is C19H33NO2. The average molecular weight is 307 g/mol. The van der Waals surface area contributed by atoms with E-state index in [9.17, 15) is 10.2 Å². The van der Waals surface area contributed by atoms with Gasteiger partial charge in [-0.3, -0.25) is 0 Å². The standard InChI is InChI=1S/C19H33NO2/c1-18-7-5-12(21)9-11(18)3-4-13-14(18)6-8-19(2)15(13)10-16(20)17(19)22/h11-17,21-22H,3-10,20H2,1-2H3/t11-,12-,13+,14-,15-,16-,17-,18-,19-/m0/s1. The van der Waals surface area contributed by atoms with Gasteiger partial charge < -0.3 is 15.9 Å². The van der Waals surface area contributed by atoms with E-state index in [-0.39, 0.29) is 23.7 Å². The van der Waals surface area contributed by atoms with Gasteiger partial charge in [-0.15, -0.1) is 0 Å². The van der Waals surface area contributed by atoms with E-state index in [4.69, 9.17) is 5.73 Å². The maximum atomic E-state index is 10.6. The van der Waals surface area contributed by atoms with Crippen molar-refractivity contribution in [1.82, 2.24) is 0 Å².